The second kappa shape index (κ2) is 9.53. The molecule has 0 amide bonds. The zero-order chi connectivity index (χ0) is 16.5. The van der Waals surface area contributed by atoms with Crippen molar-refractivity contribution in [1.82, 2.24) is 0 Å². The fraction of sp³-hybridized carbons (Fsp3) is 0.750. The maximum Gasteiger partial charge on any atom is 0.309 e. The number of esters is 2. The predicted molar refractivity (Wildman–Crippen MR) is 79.5 cm³/mol. The van der Waals surface area contributed by atoms with Crippen molar-refractivity contribution in [3.05, 3.63) is 12.7 Å². The van der Waals surface area contributed by atoms with Crippen LogP contribution in [0.3, 0.4) is 0 Å². The Hall–Kier alpha value is -1.39. The van der Waals surface area contributed by atoms with Crippen LogP contribution in [0, 0.1) is 5.92 Å². The molecule has 0 N–H and O–H groups in total. The van der Waals surface area contributed by atoms with Gasteiger partial charge in [-0.15, -0.1) is 6.58 Å². The van der Waals surface area contributed by atoms with Gasteiger partial charge in [0.15, 0.2) is 0 Å². The van der Waals surface area contributed by atoms with Crippen LogP contribution >= 0.6 is 0 Å². The smallest absolute Gasteiger partial charge is 0.309 e. The minimum atomic E-state index is -1.01. The van der Waals surface area contributed by atoms with Crippen LogP contribution in [-0.4, -0.2) is 30.8 Å². The molecule has 0 radical (unpaired) electrons. The van der Waals surface area contributed by atoms with Crippen LogP contribution in [0.2, 0.25) is 0 Å². The molecule has 0 aromatic rings. The first-order valence-corrected chi connectivity index (χ1v) is 7.24. The Morgan fingerprint density at radius 3 is 2.33 bits per heavy atom. The Labute approximate surface area is 126 Å². The highest BCUT2D eigenvalue weighted by atomic mass is 19.1. The molecule has 0 aliphatic heterocycles. The summed E-state index contributed by atoms with van der Waals surface area (Å²) < 4.78 is 23.5. The number of methoxy groups -OCH3 is 1. The van der Waals surface area contributed by atoms with E-state index in [2.05, 4.69) is 11.3 Å². The summed E-state index contributed by atoms with van der Waals surface area (Å²) in [5.41, 5.74) is -0.607. The molecule has 0 aliphatic carbocycles. The molecule has 0 aromatic carbocycles. The number of hydrogen-bond donors (Lipinski definition) is 0. The van der Waals surface area contributed by atoms with Gasteiger partial charge >= 0.3 is 11.9 Å². The molecule has 122 valence electrons. The molecule has 0 aromatic heterocycles. The van der Waals surface area contributed by atoms with E-state index in [1.807, 2.05) is 0 Å². The van der Waals surface area contributed by atoms with Crippen molar-refractivity contribution in [3.8, 4) is 0 Å². The van der Waals surface area contributed by atoms with Crippen molar-refractivity contribution in [2.45, 2.75) is 64.6 Å². The molecular weight excluding hydrogens is 275 g/mol. The van der Waals surface area contributed by atoms with Gasteiger partial charge in [0.05, 0.1) is 19.4 Å². The third-order valence-corrected chi connectivity index (χ3v) is 2.88. The third kappa shape index (κ3) is 10.0. The second-order valence-corrected chi connectivity index (χ2v) is 6.05. The second-order valence-electron chi connectivity index (χ2n) is 6.05. The maximum absolute atomic E-state index is 13.6. The number of rotatable bonds is 9. The van der Waals surface area contributed by atoms with E-state index in [4.69, 9.17) is 4.74 Å². The molecule has 0 bridgehead atoms. The molecule has 0 saturated heterocycles. The Morgan fingerprint density at radius 1 is 1.24 bits per heavy atom. The minimum Gasteiger partial charge on any atom is -0.469 e. The largest absolute Gasteiger partial charge is 0.469 e. The van der Waals surface area contributed by atoms with E-state index >= 15 is 0 Å². The standard InChI is InChI=1S/C16H27FO4/c1-6-7-8-13(17)10-9-12(15(19)20-5)11-14(18)21-16(2,3)4/h6,12-13H,1,7-11H2,2-5H3. The van der Waals surface area contributed by atoms with Crippen LogP contribution in [0.25, 0.3) is 0 Å². The van der Waals surface area contributed by atoms with E-state index in [1.54, 1.807) is 26.8 Å². The summed E-state index contributed by atoms with van der Waals surface area (Å²) in [6, 6.07) is 0. The average molecular weight is 302 g/mol. The lowest BCUT2D eigenvalue weighted by molar-refractivity contribution is -0.160. The molecule has 21 heavy (non-hydrogen) atoms. The lowest BCUT2D eigenvalue weighted by Crippen LogP contribution is -2.28. The molecule has 0 rings (SSSR count). The molecule has 0 heterocycles. The number of carbonyl (C=O) groups is 2. The topological polar surface area (TPSA) is 52.6 Å². The average Bonchev–Trinajstić information content (AvgIpc) is 2.37. The van der Waals surface area contributed by atoms with Gasteiger partial charge in [-0.2, -0.15) is 0 Å². The van der Waals surface area contributed by atoms with Gasteiger partial charge in [-0.1, -0.05) is 6.08 Å². The Morgan fingerprint density at radius 2 is 1.86 bits per heavy atom. The van der Waals surface area contributed by atoms with Crippen molar-refractivity contribution in [2.24, 2.45) is 5.92 Å². The normalized spacial score (nSPS) is 14.1. The van der Waals surface area contributed by atoms with Gasteiger partial charge in [0, 0.05) is 0 Å². The molecule has 2 atom stereocenters. The molecule has 0 saturated carbocycles. The number of hydrogen-bond acceptors (Lipinski definition) is 4. The summed E-state index contributed by atoms with van der Waals surface area (Å²) in [4.78, 5) is 23.4. The fourth-order valence-electron chi connectivity index (χ4n) is 1.88. The molecule has 5 heteroatoms. The third-order valence-electron chi connectivity index (χ3n) is 2.88. The van der Waals surface area contributed by atoms with E-state index in [0.29, 0.717) is 12.8 Å². The molecular formula is C16H27FO4. The summed E-state index contributed by atoms with van der Waals surface area (Å²) in [7, 11) is 1.26. The lowest BCUT2D eigenvalue weighted by Gasteiger charge is -2.21. The monoisotopic (exact) mass is 302 g/mol. The predicted octanol–water partition coefficient (Wildman–Crippen LogP) is 3.59. The van der Waals surface area contributed by atoms with Gasteiger partial charge in [0.25, 0.3) is 0 Å². The summed E-state index contributed by atoms with van der Waals surface area (Å²) >= 11 is 0. The molecule has 4 nitrogen and oxygen atoms in total. The summed E-state index contributed by atoms with van der Waals surface area (Å²) in [6.45, 7) is 8.81. The van der Waals surface area contributed by atoms with Crippen LogP contribution in [0.15, 0.2) is 12.7 Å². The number of allylic oxidation sites excluding steroid dienone is 1. The Balaban J connectivity index is 4.43. The van der Waals surface area contributed by atoms with Gasteiger partial charge < -0.3 is 9.47 Å². The van der Waals surface area contributed by atoms with Crippen LogP contribution in [0.5, 0.6) is 0 Å². The van der Waals surface area contributed by atoms with Crippen molar-refractivity contribution in [1.29, 1.82) is 0 Å². The highest BCUT2D eigenvalue weighted by Crippen LogP contribution is 2.20. The number of carbonyl (C=O) groups excluding carboxylic acids is 2. The van der Waals surface area contributed by atoms with Gasteiger partial charge in [-0.3, -0.25) is 9.59 Å². The highest BCUT2D eigenvalue weighted by Gasteiger charge is 2.26. The van der Waals surface area contributed by atoms with Crippen LogP contribution in [-0.2, 0) is 19.1 Å². The van der Waals surface area contributed by atoms with E-state index in [-0.39, 0.29) is 19.3 Å². The fourth-order valence-corrected chi connectivity index (χ4v) is 1.88. The summed E-state index contributed by atoms with van der Waals surface area (Å²) in [5.74, 6) is -1.64. The summed E-state index contributed by atoms with van der Waals surface area (Å²) in [5, 5.41) is 0. The SMILES string of the molecule is C=CCCC(F)CCC(CC(=O)OC(C)(C)C)C(=O)OC. The van der Waals surface area contributed by atoms with Crippen molar-refractivity contribution in [3.63, 3.8) is 0 Å². The van der Waals surface area contributed by atoms with Crippen LogP contribution in [0.1, 0.15) is 52.9 Å². The van der Waals surface area contributed by atoms with Crippen molar-refractivity contribution >= 4 is 11.9 Å². The number of alkyl halides is 1. The Bertz CT molecular complexity index is 347. The zero-order valence-corrected chi connectivity index (χ0v) is 13.5. The van der Waals surface area contributed by atoms with Gasteiger partial charge in [0.1, 0.15) is 11.8 Å². The first-order valence-electron chi connectivity index (χ1n) is 7.24. The molecule has 0 aliphatic rings. The highest BCUT2D eigenvalue weighted by molar-refractivity contribution is 5.80. The summed E-state index contributed by atoms with van der Waals surface area (Å²) in [6.07, 6.45) is 2.03. The van der Waals surface area contributed by atoms with Crippen LogP contribution in [0.4, 0.5) is 4.39 Å². The van der Waals surface area contributed by atoms with Gasteiger partial charge in [-0.05, 0) is 46.5 Å². The van der Waals surface area contributed by atoms with E-state index in [1.165, 1.54) is 7.11 Å². The Kier molecular flexibility index (Phi) is 8.90. The zero-order valence-electron chi connectivity index (χ0n) is 13.5. The first kappa shape index (κ1) is 19.6. The lowest BCUT2D eigenvalue weighted by atomic mass is 9.96. The maximum atomic E-state index is 13.6. The van der Waals surface area contributed by atoms with Crippen molar-refractivity contribution < 1.29 is 23.5 Å². The first-order chi connectivity index (χ1) is 9.69. The number of halogens is 1. The molecule has 0 fully saturated rings. The molecule has 2 unspecified atom stereocenters. The van der Waals surface area contributed by atoms with Crippen LogP contribution < -0.4 is 0 Å². The minimum absolute atomic E-state index is 0.0852. The molecule has 0 spiro atoms. The number of ether oxygens (including phenoxy) is 2. The quantitative estimate of drug-likeness (QED) is 0.482. The van der Waals surface area contributed by atoms with E-state index < -0.39 is 29.6 Å². The van der Waals surface area contributed by atoms with Gasteiger partial charge in [-0.25, -0.2) is 4.39 Å². The van der Waals surface area contributed by atoms with Gasteiger partial charge in [0.2, 0.25) is 0 Å². The van der Waals surface area contributed by atoms with E-state index in [0.717, 1.165) is 0 Å². The van der Waals surface area contributed by atoms with Crippen molar-refractivity contribution in [2.75, 3.05) is 7.11 Å². The van der Waals surface area contributed by atoms with E-state index in [9.17, 15) is 14.0 Å².